The summed E-state index contributed by atoms with van der Waals surface area (Å²) in [5.74, 6) is -0.216. The van der Waals surface area contributed by atoms with Crippen LogP contribution in [0.4, 0.5) is 5.82 Å². The summed E-state index contributed by atoms with van der Waals surface area (Å²) in [4.78, 5) is 22.8. The molecule has 1 atom stereocenters. The van der Waals surface area contributed by atoms with E-state index in [0.717, 1.165) is 5.56 Å². The molecule has 2 N–H and O–H groups in total. The van der Waals surface area contributed by atoms with E-state index in [4.69, 9.17) is 10.7 Å². The van der Waals surface area contributed by atoms with Gasteiger partial charge in [0.25, 0.3) is 0 Å². The van der Waals surface area contributed by atoms with Gasteiger partial charge in [-0.1, -0.05) is 29.8 Å². The molecule has 0 saturated carbocycles. The lowest BCUT2D eigenvalue weighted by molar-refractivity contribution is -0.122. The summed E-state index contributed by atoms with van der Waals surface area (Å²) in [5.41, 5.74) is 7.58. The predicted molar refractivity (Wildman–Crippen MR) is 120 cm³/mol. The first kappa shape index (κ1) is 21.7. The van der Waals surface area contributed by atoms with Crippen LogP contribution in [0.15, 0.2) is 53.4 Å². The Bertz CT molecular complexity index is 1310. The first-order valence-electron chi connectivity index (χ1n) is 10.3. The van der Waals surface area contributed by atoms with Crippen LogP contribution in [0.25, 0.3) is 11.0 Å². The third-order valence-electron chi connectivity index (χ3n) is 5.80. The van der Waals surface area contributed by atoms with E-state index in [1.54, 1.807) is 30.3 Å². The van der Waals surface area contributed by atoms with Crippen molar-refractivity contribution in [3.63, 3.8) is 0 Å². The average Bonchev–Trinajstić information content (AvgIpc) is 2.79. The molecule has 0 bridgehead atoms. The number of benzene rings is 2. The SMILES string of the molecule is Cc1ccc(S(=O)(=O)[C@H](C#N)c2nc3ccccc3nc2N2CCC(C(N)=O)CC2)cc1. The van der Waals surface area contributed by atoms with E-state index in [-0.39, 0.29) is 22.4 Å². The molecule has 1 aliphatic rings. The highest BCUT2D eigenvalue weighted by molar-refractivity contribution is 7.92. The summed E-state index contributed by atoms with van der Waals surface area (Å²) >= 11 is 0. The number of carbonyl (C=O) groups excluding carboxylic acids is 1. The van der Waals surface area contributed by atoms with E-state index in [1.165, 1.54) is 12.1 Å². The van der Waals surface area contributed by atoms with Crippen LogP contribution >= 0.6 is 0 Å². The number of sulfone groups is 1. The number of piperidine rings is 1. The zero-order valence-electron chi connectivity index (χ0n) is 17.6. The van der Waals surface area contributed by atoms with Crippen LogP contribution in [-0.4, -0.2) is 37.4 Å². The maximum Gasteiger partial charge on any atom is 0.220 e. The molecule has 9 heteroatoms. The fraction of sp³-hybridized carbons (Fsp3) is 0.304. The fourth-order valence-electron chi connectivity index (χ4n) is 3.93. The van der Waals surface area contributed by atoms with Crippen LogP contribution in [0.1, 0.15) is 29.3 Å². The first-order chi connectivity index (χ1) is 15.3. The number of aromatic nitrogens is 2. The average molecular weight is 450 g/mol. The molecular formula is C23H23N5O3S. The highest BCUT2D eigenvalue weighted by Gasteiger charge is 2.36. The van der Waals surface area contributed by atoms with E-state index in [1.807, 2.05) is 24.0 Å². The maximum absolute atomic E-state index is 13.4. The number of hydrogen-bond donors (Lipinski definition) is 1. The number of para-hydroxylation sites is 2. The summed E-state index contributed by atoms with van der Waals surface area (Å²) < 4.78 is 26.8. The molecule has 8 nitrogen and oxygen atoms in total. The van der Waals surface area contributed by atoms with Crippen molar-refractivity contribution in [2.24, 2.45) is 11.7 Å². The summed E-state index contributed by atoms with van der Waals surface area (Å²) in [6.07, 6.45) is 1.07. The minimum atomic E-state index is -4.04. The number of carbonyl (C=O) groups is 1. The smallest absolute Gasteiger partial charge is 0.220 e. The molecular weight excluding hydrogens is 426 g/mol. The third kappa shape index (κ3) is 4.01. The van der Waals surface area contributed by atoms with Crippen molar-refractivity contribution in [2.45, 2.75) is 29.9 Å². The van der Waals surface area contributed by atoms with E-state index < -0.39 is 15.1 Å². The highest BCUT2D eigenvalue weighted by atomic mass is 32.2. The first-order valence-corrected chi connectivity index (χ1v) is 11.9. The van der Waals surface area contributed by atoms with Gasteiger partial charge in [-0.15, -0.1) is 0 Å². The maximum atomic E-state index is 13.4. The molecule has 164 valence electrons. The summed E-state index contributed by atoms with van der Waals surface area (Å²) in [6.45, 7) is 2.80. The van der Waals surface area contributed by atoms with Crippen LogP contribution in [-0.2, 0) is 14.6 Å². The van der Waals surface area contributed by atoms with E-state index in [0.29, 0.717) is 42.8 Å². The topological polar surface area (TPSA) is 130 Å². The van der Waals surface area contributed by atoms with Gasteiger partial charge in [0.05, 0.1) is 22.0 Å². The molecule has 1 amide bonds. The lowest BCUT2D eigenvalue weighted by Crippen LogP contribution is -2.39. The van der Waals surface area contributed by atoms with Crippen molar-refractivity contribution in [1.29, 1.82) is 5.26 Å². The van der Waals surface area contributed by atoms with Crippen molar-refractivity contribution >= 4 is 32.6 Å². The Morgan fingerprint density at radius 1 is 1.09 bits per heavy atom. The molecule has 1 aliphatic heterocycles. The van der Waals surface area contributed by atoms with E-state index in [2.05, 4.69) is 4.98 Å². The number of nitriles is 1. The van der Waals surface area contributed by atoms with Crippen molar-refractivity contribution in [2.75, 3.05) is 18.0 Å². The zero-order valence-corrected chi connectivity index (χ0v) is 18.4. The second-order valence-electron chi connectivity index (χ2n) is 7.95. The van der Waals surface area contributed by atoms with Gasteiger partial charge in [0.15, 0.2) is 11.1 Å². The van der Waals surface area contributed by atoms with Gasteiger partial charge in [-0.25, -0.2) is 18.4 Å². The van der Waals surface area contributed by atoms with Gasteiger partial charge in [0.2, 0.25) is 15.7 Å². The lowest BCUT2D eigenvalue weighted by Gasteiger charge is -2.33. The van der Waals surface area contributed by atoms with Crippen LogP contribution in [0.2, 0.25) is 0 Å². The van der Waals surface area contributed by atoms with Crippen molar-refractivity contribution in [1.82, 2.24) is 9.97 Å². The Labute approximate surface area is 186 Å². The Morgan fingerprint density at radius 2 is 1.69 bits per heavy atom. The number of anilines is 1. The number of aryl methyl sites for hydroxylation is 1. The zero-order chi connectivity index (χ0) is 22.9. The van der Waals surface area contributed by atoms with Gasteiger partial charge in [0, 0.05) is 19.0 Å². The van der Waals surface area contributed by atoms with Crippen molar-refractivity contribution in [3.05, 3.63) is 59.8 Å². The number of rotatable bonds is 5. The number of nitrogens with two attached hydrogens (primary N) is 1. The number of hydrogen-bond acceptors (Lipinski definition) is 7. The number of nitrogens with zero attached hydrogens (tertiary/aromatic N) is 4. The Balaban J connectivity index is 1.83. The van der Waals surface area contributed by atoms with Crippen LogP contribution in [0, 0.1) is 24.2 Å². The Kier molecular flexibility index (Phi) is 5.80. The molecule has 0 aliphatic carbocycles. The van der Waals surface area contributed by atoms with Crippen molar-refractivity contribution in [3.8, 4) is 6.07 Å². The molecule has 1 aromatic heterocycles. The van der Waals surface area contributed by atoms with E-state index >= 15 is 0 Å². The normalized spacial score (nSPS) is 15.9. The van der Waals surface area contributed by atoms with Gasteiger partial charge in [-0.3, -0.25) is 4.79 Å². The minimum absolute atomic E-state index is 0.0583. The van der Waals surface area contributed by atoms with Crippen LogP contribution in [0.5, 0.6) is 0 Å². The molecule has 1 fully saturated rings. The second kappa shape index (κ2) is 8.55. The molecule has 0 radical (unpaired) electrons. The van der Waals surface area contributed by atoms with Gasteiger partial charge >= 0.3 is 0 Å². The lowest BCUT2D eigenvalue weighted by atomic mass is 9.96. The summed E-state index contributed by atoms with van der Waals surface area (Å²) in [6, 6.07) is 15.5. The Hall–Kier alpha value is -3.51. The summed E-state index contributed by atoms with van der Waals surface area (Å²) in [5, 5.41) is 8.44. The number of primary amides is 1. The monoisotopic (exact) mass is 449 g/mol. The van der Waals surface area contributed by atoms with Crippen molar-refractivity contribution < 1.29 is 13.2 Å². The Morgan fingerprint density at radius 3 is 2.25 bits per heavy atom. The molecule has 2 aromatic carbocycles. The highest BCUT2D eigenvalue weighted by Crippen LogP contribution is 2.35. The molecule has 2 heterocycles. The molecule has 1 saturated heterocycles. The summed E-state index contributed by atoms with van der Waals surface area (Å²) in [7, 11) is -4.04. The van der Waals surface area contributed by atoms with Crippen LogP contribution in [0.3, 0.4) is 0 Å². The standard InChI is InChI=1S/C23H23N5O3S/c1-15-6-8-17(9-7-15)32(30,31)20(14-24)21-23(27-19-5-3-2-4-18(19)26-21)28-12-10-16(11-13-28)22(25)29/h2-9,16,20H,10-13H2,1H3,(H2,25,29)/t20-/m1/s1. The van der Waals surface area contributed by atoms with Crippen LogP contribution < -0.4 is 10.6 Å². The quantitative estimate of drug-likeness (QED) is 0.634. The van der Waals surface area contributed by atoms with Gasteiger partial charge < -0.3 is 10.6 Å². The molecule has 4 rings (SSSR count). The van der Waals surface area contributed by atoms with Gasteiger partial charge in [0.1, 0.15) is 5.69 Å². The molecule has 0 unspecified atom stereocenters. The number of fused-ring (bicyclic) bond motifs is 1. The predicted octanol–water partition coefficient (Wildman–Crippen LogP) is 2.68. The second-order valence-corrected chi connectivity index (χ2v) is 9.98. The molecule has 32 heavy (non-hydrogen) atoms. The molecule has 3 aromatic rings. The number of amides is 1. The molecule has 0 spiro atoms. The van der Waals surface area contributed by atoms with Gasteiger partial charge in [-0.05, 0) is 44.0 Å². The largest absolute Gasteiger partial charge is 0.369 e. The third-order valence-corrected chi connectivity index (χ3v) is 7.68. The van der Waals surface area contributed by atoms with E-state index in [9.17, 15) is 18.5 Å². The minimum Gasteiger partial charge on any atom is -0.369 e. The van der Waals surface area contributed by atoms with Gasteiger partial charge in [-0.2, -0.15) is 5.26 Å². The fourth-order valence-corrected chi connectivity index (χ4v) is 5.31.